The minimum atomic E-state index is 0.0749. The van der Waals surface area contributed by atoms with E-state index in [1.807, 2.05) is 12.1 Å². The molecule has 0 spiro atoms. The van der Waals surface area contributed by atoms with E-state index in [-0.39, 0.29) is 5.91 Å². The number of amides is 1. The Bertz CT molecular complexity index is 605. The molecule has 0 atom stereocenters. The van der Waals surface area contributed by atoms with E-state index in [0.717, 1.165) is 17.9 Å². The smallest absolute Gasteiger partial charge is 0.225 e. The molecule has 0 aliphatic heterocycles. The molecule has 2 rings (SSSR count). The normalized spacial score (nSPS) is 10.5. The second-order valence-corrected chi connectivity index (χ2v) is 6.93. The maximum absolute atomic E-state index is 12.0. The number of rotatable bonds is 8. The van der Waals surface area contributed by atoms with Gasteiger partial charge in [0.15, 0.2) is 0 Å². The van der Waals surface area contributed by atoms with Crippen LogP contribution >= 0.6 is 11.8 Å². The zero-order chi connectivity index (χ0) is 16.5. The summed E-state index contributed by atoms with van der Waals surface area (Å²) in [5, 5.41) is 2.97. The lowest BCUT2D eigenvalue weighted by atomic mass is 10.1. The highest BCUT2D eigenvalue weighted by Crippen LogP contribution is 2.19. The maximum atomic E-state index is 12.0. The first kappa shape index (κ1) is 17.6. The van der Waals surface area contributed by atoms with Gasteiger partial charge in [0.25, 0.3) is 0 Å². The van der Waals surface area contributed by atoms with Crippen LogP contribution in [0.1, 0.15) is 37.3 Å². The zero-order valence-electron chi connectivity index (χ0n) is 14.0. The second-order valence-electron chi connectivity index (χ2n) is 5.76. The summed E-state index contributed by atoms with van der Waals surface area (Å²) < 4.78 is 0. The van der Waals surface area contributed by atoms with Gasteiger partial charge < -0.3 is 5.32 Å². The van der Waals surface area contributed by atoms with Gasteiger partial charge in [-0.1, -0.05) is 43.2 Å². The Labute approximate surface area is 143 Å². The molecule has 0 bridgehead atoms. The van der Waals surface area contributed by atoms with Crippen LogP contribution in [0.4, 0.5) is 5.69 Å². The number of aryl methyl sites for hydroxylation is 2. The molecule has 0 fully saturated rings. The van der Waals surface area contributed by atoms with Crippen LogP contribution in [-0.2, 0) is 11.2 Å². The SMILES string of the molecule is CCCCc1ccc(NC(=O)CCSc2ccc(C)cc2)cc1. The van der Waals surface area contributed by atoms with Crippen molar-refractivity contribution in [3.8, 4) is 0 Å². The molecule has 0 aliphatic carbocycles. The first-order valence-electron chi connectivity index (χ1n) is 8.25. The fourth-order valence-corrected chi connectivity index (χ4v) is 3.11. The van der Waals surface area contributed by atoms with E-state index in [4.69, 9.17) is 0 Å². The summed E-state index contributed by atoms with van der Waals surface area (Å²) in [5.74, 6) is 0.870. The van der Waals surface area contributed by atoms with E-state index < -0.39 is 0 Å². The van der Waals surface area contributed by atoms with E-state index in [9.17, 15) is 4.79 Å². The molecule has 2 nitrogen and oxygen atoms in total. The predicted molar refractivity (Wildman–Crippen MR) is 100 cm³/mol. The van der Waals surface area contributed by atoms with Crippen LogP contribution in [0.5, 0.6) is 0 Å². The predicted octanol–water partition coefficient (Wildman–Crippen LogP) is 5.46. The summed E-state index contributed by atoms with van der Waals surface area (Å²) in [5.41, 5.74) is 3.48. The summed E-state index contributed by atoms with van der Waals surface area (Å²) in [7, 11) is 0. The molecule has 0 saturated carbocycles. The highest BCUT2D eigenvalue weighted by molar-refractivity contribution is 7.99. The number of thioether (sulfide) groups is 1. The molecule has 2 aromatic rings. The molecule has 0 aliphatic rings. The van der Waals surface area contributed by atoms with Gasteiger partial charge in [-0.15, -0.1) is 11.8 Å². The van der Waals surface area contributed by atoms with Crippen LogP contribution in [0.3, 0.4) is 0 Å². The van der Waals surface area contributed by atoms with Crippen molar-refractivity contribution < 1.29 is 4.79 Å². The Morgan fingerprint density at radius 1 is 1.04 bits per heavy atom. The van der Waals surface area contributed by atoms with Gasteiger partial charge >= 0.3 is 0 Å². The van der Waals surface area contributed by atoms with Gasteiger partial charge in [-0.3, -0.25) is 4.79 Å². The van der Waals surface area contributed by atoms with E-state index in [1.54, 1.807) is 11.8 Å². The second kappa shape index (κ2) is 9.41. The average Bonchev–Trinajstić information content (AvgIpc) is 2.56. The maximum Gasteiger partial charge on any atom is 0.225 e. The van der Waals surface area contributed by atoms with Crippen molar-refractivity contribution in [2.24, 2.45) is 0 Å². The van der Waals surface area contributed by atoms with Gasteiger partial charge in [0.1, 0.15) is 0 Å². The summed E-state index contributed by atoms with van der Waals surface area (Å²) in [4.78, 5) is 13.2. The van der Waals surface area contributed by atoms with Crippen molar-refractivity contribution in [3.63, 3.8) is 0 Å². The van der Waals surface area contributed by atoms with E-state index in [1.165, 1.54) is 28.9 Å². The lowest BCUT2D eigenvalue weighted by Gasteiger charge is -2.07. The lowest BCUT2D eigenvalue weighted by Crippen LogP contribution is -2.12. The standard InChI is InChI=1S/C20H25NOS/c1-3-4-5-17-8-10-18(11-9-17)21-20(22)14-15-23-19-12-6-16(2)7-13-19/h6-13H,3-5,14-15H2,1-2H3,(H,21,22). The molecule has 1 N–H and O–H groups in total. The third kappa shape index (κ3) is 6.49. The monoisotopic (exact) mass is 327 g/mol. The number of carbonyl (C=O) groups excluding carboxylic acids is 1. The molecule has 0 aromatic heterocycles. The Morgan fingerprint density at radius 2 is 1.74 bits per heavy atom. The highest BCUT2D eigenvalue weighted by Gasteiger charge is 2.03. The van der Waals surface area contributed by atoms with E-state index in [0.29, 0.717) is 6.42 Å². The van der Waals surface area contributed by atoms with Crippen LogP contribution in [0, 0.1) is 6.92 Å². The molecule has 2 aromatic carbocycles. The number of anilines is 1. The largest absolute Gasteiger partial charge is 0.326 e. The third-order valence-electron chi connectivity index (χ3n) is 3.68. The van der Waals surface area contributed by atoms with Crippen LogP contribution in [0.15, 0.2) is 53.4 Å². The molecular weight excluding hydrogens is 302 g/mol. The molecule has 0 saturated heterocycles. The van der Waals surface area contributed by atoms with Gasteiger partial charge in [-0.05, 0) is 49.6 Å². The molecule has 122 valence electrons. The quantitative estimate of drug-likeness (QED) is 0.652. The number of unbranched alkanes of at least 4 members (excludes halogenated alkanes) is 1. The zero-order valence-corrected chi connectivity index (χ0v) is 14.8. The summed E-state index contributed by atoms with van der Waals surface area (Å²) >= 11 is 1.72. The fourth-order valence-electron chi connectivity index (χ4n) is 2.26. The third-order valence-corrected chi connectivity index (χ3v) is 4.69. The van der Waals surface area contributed by atoms with Gasteiger partial charge in [-0.2, -0.15) is 0 Å². The summed E-state index contributed by atoms with van der Waals surface area (Å²) in [6, 6.07) is 16.6. The topological polar surface area (TPSA) is 29.1 Å². The number of nitrogens with one attached hydrogen (secondary N) is 1. The molecular formula is C20H25NOS. The minimum Gasteiger partial charge on any atom is -0.326 e. The van der Waals surface area contributed by atoms with Crippen molar-refractivity contribution in [2.75, 3.05) is 11.1 Å². The molecule has 0 unspecified atom stereocenters. The fraction of sp³-hybridized carbons (Fsp3) is 0.350. The van der Waals surface area contributed by atoms with Crippen molar-refractivity contribution in [1.82, 2.24) is 0 Å². The molecule has 3 heteroatoms. The first-order valence-corrected chi connectivity index (χ1v) is 9.24. The number of benzene rings is 2. The van der Waals surface area contributed by atoms with Crippen molar-refractivity contribution >= 4 is 23.4 Å². The van der Waals surface area contributed by atoms with Gasteiger partial charge in [0, 0.05) is 22.8 Å². The lowest BCUT2D eigenvalue weighted by molar-refractivity contribution is -0.115. The van der Waals surface area contributed by atoms with Crippen LogP contribution in [-0.4, -0.2) is 11.7 Å². The first-order chi connectivity index (χ1) is 11.2. The number of carbonyl (C=O) groups is 1. The van der Waals surface area contributed by atoms with Crippen LogP contribution in [0.2, 0.25) is 0 Å². The Morgan fingerprint density at radius 3 is 2.39 bits per heavy atom. The highest BCUT2D eigenvalue weighted by atomic mass is 32.2. The molecule has 0 heterocycles. The van der Waals surface area contributed by atoms with Crippen molar-refractivity contribution in [3.05, 3.63) is 59.7 Å². The van der Waals surface area contributed by atoms with Gasteiger partial charge in [-0.25, -0.2) is 0 Å². The van der Waals surface area contributed by atoms with Gasteiger partial charge in [0.05, 0.1) is 0 Å². The summed E-state index contributed by atoms with van der Waals surface area (Å²) in [6.45, 7) is 4.28. The molecule has 0 radical (unpaired) electrons. The average molecular weight is 327 g/mol. The number of hydrogen-bond acceptors (Lipinski definition) is 2. The summed E-state index contributed by atoms with van der Waals surface area (Å²) in [6.07, 6.45) is 4.05. The molecule has 1 amide bonds. The Balaban J connectivity index is 1.72. The van der Waals surface area contributed by atoms with E-state index in [2.05, 4.69) is 55.6 Å². The molecule has 23 heavy (non-hydrogen) atoms. The minimum absolute atomic E-state index is 0.0749. The van der Waals surface area contributed by atoms with Crippen LogP contribution in [0.25, 0.3) is 0 Å². The van der Waals surface area contributed by atoms with Crippen molar-refractivity contribution in [2.45, 2.75) is 44.4 Å². The van der Waals surface area contributed by atoms with Crippen LogP contribution < -0.4 is 5.32 Å². The Kier molecular flexibility index (Phi) is 7.21. The van der Waals surface area contributed by atoms with Crippen molar-refractivity contribution in [1.29, 1.82) is 0 Å². The van der Waals surface area contributed by atoms with Gasteiger partial charge in [0.2, 0.25) is 5.91 Å². The number of hydrogen-bond donors (Lipinski definition) is 1. The Hall–Kier alpha value is -1.74. The van der Waals surface area contributed by atoms with E-state index >= 15 is 0 Å².